The topological polar surface area (TPSA) is 40.5 Å². The first-order valence-electron chi connectivity index (χ1n) is 6.39. The highest BCUT2D eigenvalue weighted by atomic mass is 127. The van der Waals surface area contributed by atoms with Gasteiger partial charge in [0.25, 0.3) is 5.91 Å². The fourth-order valence-corrected chi connectivity index (χ4v) is 2.32. The number of rotatable bonds is 5. The van der Waals surface area contributed by atoms with E-state index < -0.39 is 0 Å². The van der Waals surface area contributed by atoms with Crippen molar-refractivity contribution in [2.45, 2.75) is 26.2 Å². The Morgan fingerprint density at radius 3 is 2.78 bits per heavy atom. The van der Waals surface area contributed by atoms with Gasteiger partial charge in [-0.05, 0) is 66.0 Å². The highest BCUT2D eigenvalue weighted by Gasteiger charge is 2.27. The van der Waals surface area contributed by atoms with Crippen molar-refractivity contribution in [3.63, 3.8) is 0 Å². The van der Waals surface area contributed by atoms with Gasteiger partial charge in [0.2, 0.25) is 0 Å². The number of aromatic hydroxyl groups is 1. The molecule has 0 spiro atoms. The van der Waals surface area contributed by atoms with Gasteiger partial charge in [-0.3, -0.25) is 4.79 Å². The molecule has 1 aromatic carbocycles. The van der Waals surface area contributed by atoms with E-state index in [9.17, 15) is 9.90 Å². The average molecular weight is 359 g/mol. The summed E-state index contributed by atoms with van der Waals surface area (Å²) in [6.45, 7) is 3.74. The predicted molar refractivity (Wildman–Crippen MR) is 79.7 cm³/mol. The molecule has 0 saturated heterocycles. The van der Waals surface area contributed by atoms with Crippen LogP contribution in [-0.4, -0.2) is 29.0 Å². The second kappa shape index (κ2) is 5.91. The van der Waals surface area contributed by atoms with E-state index in [0.717, 1.165) is 23.1 Å². The van der Waals surface area contributed by atoms with Crippen molar-refractivity contribution in [3.05, 3.63) is 27.3 Å². The molecule has 1 aliphatic carbocycles. The molecule has 1 fully saturated rings. The second-order valence-corrected chi connectivity index (χ2v) is 6.02. The number of halogens is 1. The van der Waals surface area contributed by atoms with Gasteiger partial charge in [-0.2, -0.15) is 0 Å². The highest BCUT2D eigenvalue weighted by molar-refractivity contribution is 14.1. The molecule has 1 amide bonds. The van der Waals surface area contributed by atoms with Gasteiger partial charge in [-0.25, -0.2) is 0 Å². The molecule has 1 aromatic rings. The van der Waals surface area contributed by atoms with E-state index in [2.05, 4.69) is 29.5 Å². The van der Waals surface area contributed by atoms with Crippen LogP contribution in [0.3, 0.4) is 0 Å². The molecule has 0 radical (unpaired) electrons. The third kappa shape index (κ3) is 3.37. The second-order valence-electron chi connectivity index (χ2n) is 4.86. The monoisotopic (exact) mass is 359 g/mol. The van der Waals surface area contributed by atoms with Gasteiger partial charge in [0.05, 0.1) is 3.57 Å². The van der Waals surface area contributed by atoms with Gasteiger partial charge in [-0.1, -0.05) is 6.92 Å². The maximum atomic E-state index is 12.4. The Balaban J connectivity index is 2.12. The lowest BCUT2D eigenvalue weighted by molar-refractivity contribution is 0.0747. The van der Waals surface area contributed by atoms with Crippen LogP contribution in [0.1, 0.15) is 36.5 Å². The Morgan fingerprint density at radius 2 is 2.22 bits per heavy atom. The molecule has 98 valence electrons. The van der Waals surface area contributed by atoms with Crippen molar-refractivity contribution >= 4 is 28.5 Å². The minimum atomic E-state index is 0.0375. The molecule has 0 unspecified atom stereocenters. The normalized spacial score (nSPS) is 14.6. The summed E-state index contributed by atoms with van der Waals surface area (Å²) in [7, 11) is 0. The van der Waals surface area contributed by atoms with Gasteiger partial charge in [0.15, 0.2) is 0 Å². The van der Waals surface area contributed by atoms with Crippen molar-refractivity contribution in [1.29, 1.82) is 0 Å². The molecule has 2 rings (SSSR count). The van der Waals surface area contributed by atoms with Crippen LogP contribution in [0.4, 0.5) is 0 Å². The zero-order valence-corrected chi connectivity index (χ0v) is 12.7. The largest absolute Gasteiger partial charge is 0.507 e. The van der Waals surface area contributed by atoms with Crippen LogP contribution in [0, 0.1) is 9.49 Å². The fourth-order valence-electron chi connectivity index (χ4n) is 1.99. The summed E-state index contributed by atoms with van der Waals surface area (Å²) in [6.07, 6.45) is 3.45. The van der Waals surface area contributed by atoms with Gasteiger partial charge < -0.3 is 10.0 Å². The van der Waals surface area contributed by atoms with Gasteiger partial charge in [-0.15, -0.1) is 0 Å². The molecular formula is C14H18INO2. The van der Waals surface area contributed by atoms with E-state index in [1.165, 1.54) is 12.8 Å². The Kier molecular flexibility index (Phi) is 4.48. The quantitative estimate of drug-likeness (QED) is 0.820. The first kappa shape index (κ1) is 13.6. The third-order valence-corrected chi connectivity index (χ3v) is 4.06. The molecule has 0 bridgehead atoms. The van der Waals surface area contributed by atoms with Crippen molar-refractivity contribution in [1.82, 2.24) is 4.90 Å². The van der Waals surface area contributed by atoms with Crippen LogP contribution in [0.5, 0.6) is 5.75 Å². The van der Waals surface area contributed by atoms with Crippen LogP contribution in [-0.2, 0) is 0 Å². The molecular weight excluding hydrogens is 341 g/mol. The molecule has 4 heteroatoms. The van der Waals surface area contributed by atoms with Crippen LogP contribution in [0.25, 0.3) is 0 Å². The lowest BCUT2D eigenvalue weighted by Gasteiger charge is -2.22. The van der Waals surface area contributed by atoms with Crippen LogP contribution in [0.15, 0.2) is 18.2 Å². The predicted octanol–water partition coefficient (Wildman–Crippen LogP) is 3.26. The smallest absolute Gasteiger partial charge is 0.253 e. The van der Waals surface area contributed by atoms with Gasteiger partial charge >= 0.3 is 0 Å². The molecule has 18 heavy (non-hydrogen) atoms. The summed E-state index contributed by atoms with van der Waals surface area (Å²) in [5.41, 5.74) is 0.585. The number of benzene rings is 1. The SMILES string of the molecule is CCCN(CC1CC1)C(=O)c1ccc(I)c(O)c1. The number of carbonyl (C=O) groups excluding carboxylic acids is 1. The molecule has 1 aliphatic rings. The molecule has 0 heterocycles. The van der Waals surface area contributed by atoms with E-state index >= 15 is 0 Å². The zero-order valence-electron chi connectivity index (χ0n) is 10.5. The Hall–Kier alpha value is -0.780. The molecule has 1 N–H and O–H groups in total. The zero-order chi connectivity index (χ0) is 13.1. The van der Waals surface area contributed by atoms with E-state index in [0.29, 0.717) is 11.5 Å². The Labute approximate surface area is 121 Å². The first-order chi connectivity index (χ1) is 8.61. The lowest BCUT2D eigenvalue weighted by Crippen LogP contribution is -2.33. The van der Waals surface area contributed by atoms with Crippen molar-refractivity contribution in [2.24, 2.45) is 5.92 Å². The molecule has 0 aromatic heterocycles. The minimum absolute atomic E-state index is 0.0375. The first-order valence-corrected chi connectivity index (χ1v) is 7.47. The maximum absolute atomic E-state index is 12.4. The lowest BCUT2D eigenvalue weighted by atomic mass is 10.1. The average Bonchev–Trinajstić information content (AvgIpc) is 3.15. The van der Waals surface area contributed by atoms with E-state index in [-0.39, 0.29) is 11.7 Å². The molecule has 1 saturated carbocycles. The fraction of sp³-hybridized carbons (Fsp3) is 0.500. The number of amides is 1. The Bertz CT molecular complexity index is 443. The minimum Gasteiger partial charge on any atom is -0.507 e. The van der Waals surface area contributed by atoms with E-state index in [1.807, 2.05) is 4.90 Å². The molecule has 0 aliphatic heterocycles. The maximum Gasteiger partial charge on any atom is 0.253 e. The number of hydrogen-bond donors (Lipinski definition) is 1. The standard InChI is InChI=1S/C14H18INO2/c1-2-7-16(9-10-3-4-10)14(18)11-5-6-12(15)13(17)8-11/h5-6,8,10,17H,2-4,7,9H2,1H3. The van der Waals surface area contributed by atoms with Crippen LogP contribution in [0.2, 0.25) is 0 Å². The molecule has 3 nitrogen and oxygen atoms in total. The van der Waals surface area contributed by atoms with E-state index in [4.69, 9.17) is 0 Å². The van der Waals surface area contributed by atoms with Crippen molar-refractivity contribution < 1.29 is 9.90 Å². The number of phenols is 1. The summed E-state index contributed by atoms with van der Waals surface area (Å²) < 4.78 is 0.772. The number of hydrogen-bond acceptors (Lipinski definition) is 2. The van der Waals surface area contributed by atoms with Crippen LogP contribution < -0.4 is 0 Å². The molecule has 0 atom stereocenters. The summed E-state index contributed by atoms with van der Waals surface area (Å²) in [5.74, 6) is 0.915. The van der Waals surface area contributed by atoms with Crippen molar-refractivity contribution in [3.8, 4) is 5.75 Å². The highest BCUT2D eigenvalue weighted by Crippen LogP contribution is 2.30. The van der Waals surface area contributed by atoms with Crippen molar-refractivity contribution in [2.75, 3.05) is 13.1 Å². The third-order valence-electron chi connectivity index (χ3n) is 3.15. The van der Waals surface area contributed by atoms with Crippen LogP contribution >= 0.6 is 22.6 Å². The number of carbonyl (C=O) groups is 1. The Morgan fingerprint density at radius 1 is 1.50 bits per heavy atom. The van der Waals surface area contributed by atoms with Gasteiger partial charge in [0.1, 0.15) is 5.75 Å². The summed E-state index contributed by atoms with van der Waals surface area (Å²) >= 11 is 2.05. The number of phenolic OH excluding ortho intramolecular Hbond substituents is 1. The van der Waals surface area contributed by atoms with Gasteiger partial charge in [0, 0.05) is 18.7 Å². The van der Waals surface area contributed by atoms with E-state index in [1.54, 1.807) is 18.2 Å². The summed E-state index contributed by atoms with van der Waals surface area (Å²) in [5, 5.41) is 9.68. The summed E-state index contributed by atoms with van der Waals surface area (Å²) in [4.78, 5) is 14.3. The number of nitrogens with zero attached hydrogens (tertiary/aromatic N) is 1. The summed E-state index contributed by atoms with van der Waals surface area (Å²) in [6, 6.07) is 5.14.